The van der Waals surface area contributed by atoms with E-state index in [1.165, 1.54) is 0 Å². The van der Waals surface area contributed by atoms with Gasteiger partial charge in [-0.25, -0.2) is 4.79 Å². The molecule has 3 heteroatoms. The van der Waals surface area contributed by atoms with Gasteiger partial charge in [-0.3, -0.25) is 0 Å². The van der Waals surface area contributed by atoms with Crippen molar-refractivity contribution in [2.45, 2.75) is 27.2 Å². The molecular weight excluding hydrogens is 322 g/mol. The van der Waals surface area contributed by atoms with E-state index in [0.29, 0.717) is 12.1 Å². The number of hydrogen-bond donors (Lipinski definition) is 0. The average molecular weight is 345 g/mol. The van der Waals surface area contributed by atoms with Crippen molar-refractivity contribution in [3.8, 4) is 0 Å². The van der Waals surface area contributed by atoms with E-state index in [1.807, 2.05) is 69.3 Å². The molecule has 3 aromatic rings. The highest BCUT2D eigenvalue weighted by molar-refractivity contribution is 6.14. The third-order valence-corrected chi connectivity index (χ3v) is 4.73. The fourth-order valence-corrected chi connectivity index (χ4v) is 2.56. The molecule has 0 N–H and O–H groups in total. The van der Waals surface area contributed by atoms with E-state index in [9.17, 15) is 4.79 Å². The van der Waals surface area contributed by atoms with E-state index in [-0.39, 0.29) is 5.97 Å². The Balaban J connectivity index is 2.03. The summed E-state index contributed by atoms with van der Waals surface area (Å²) in [6.07, 6.45) is 0.692. The lowest BCUT2D eigenvalue weighted by atomic mass is 9.91. The van der Waals surface area contributed by atoms with Crippen molar-refractivity contribution in [2.24, 2.45) is 10.6 Å². The number of benzene rings is 3. The topological polar surface area (TPSA) is 38.7 Å². The monoisotopic (exact) mass is 345 g/mol. The molecule has 3 nitrogen and oxygen atoms in total. The number of carbonyl (C=O) groups is 1. The van der Waals surface area contributed by atoms with Crippen LogP contribution in [0, 0.1) is 5.41 Å². The predicted octanol–water partition coefficient (Wildman–Crippen LogP) is 5.57. The van der Waals surface area contributed by atoms with Crippen LogP contribution in [0.3, 0.4) is 0 Å². The van der Waals surface area contributed by atoms with Crippen LogP contribution in [0.5, 0.6) is 0 Å². The molecule has 3 aromatic carbocycles. The maximum absolute atomic E-state index is 12.3. The number of fused-ring (bicyclic) bond motifs is 1. The van der Waals surface area contributed by atoms with Gasteiger partial charge in [-0.15, -0.1) is 0 Å². The molecule has 0 atom stereocenters. The minimum Gasteiger partial charge on any atom is -0.317 e. The Morgan fingerprint density at radius 2 is 1.54 bits per heavy atom. The van der Waals surface area contributed by atoms with E-state index in [2.05, 4.69) is 29.4 Å². The van der Waals surface area contributed by atoms with E-state index in [0.717, 1.165) is 21.9 Å². The fourth-order valence-electron chi connectivity index (χ4n) is 2.56. The number of carbonyl (C=O) groups excluding carboxylic acids is 1. The van der Waals surface area contributed by atoms with E-state index < -0.39 is 5.41 Å². The Labute approximate surface area is 154 Å². The summed E-state index contributed by atoms with van der Waals surface area (Å²) in [6, 6.07) is 24.1. The Bertz CT molecular complexity index is 943. The number of hydrogen-bond acceptors (Lipinski definition) is 3. The molecule has 0 aliphatic rings. The van der Waals surface area contributed by atoms with Crippen LogP contribution >= 0.6 is 0 Å². The van der Waals surface area contributed by atoms with Gasteiger partial charge in [-0.1, -0.05) is 78.8 Å². The highest BCUT2D eigenvalue weighted by Gasteiger charge is 2.28. The number of nitrogens with zero attached hydrogens (tertiary/aromatic N) is 1. The summed E-state index contributed by atoms with van der Waals surface area (Å²) in [6.45, 7) is 5.69. The van der Waals surface area contributed by atoms with Crippen LogP contribution in [0.15, 0.2) is 78.0 Å². The summed E-state index contributed by atoms with van der Waals surface area (Å²) < 4.78 is 0. The summed E-state index contributed by atoms with van der Waals surface area (Å²) in [7, 11) is 0. The molecular formula is C23H23NO2. The lowest BCUT2D eigenvalue weighted by molar-refractivity contribution is -0.154. The third-order valence-electron chi connectivity index (χ3n) is 4.73. The third kappa shape index (κ3) is 3.83. The fraction of sp³-hybridized carbons (Fsp3) is 0.217. The second kappa shape index (κ2) is 7.52. The summed E-state index contributed by atoms with van der Waals surface area (Å²) in [5, 5.41) is 6.53. The Kier molecular flexibility index (Phi) is 5.17. The van der Waals surface area contributed by atoms with Crippen LogP contribution in [0.25, 0.3) is 10.8 Å². The summed E-state index contributed by atoms with van der Waals surface area (Å²) in [5.74, 6) is -0.325. The van der Waals surface area contributed by atoms with E-state index in [1.54, 1.807) is 0 Å². The molecule has 0 amide bonds. The van der Waals surface area contributed by atoms with Crippen molar-refractivity contribution in [1.82, 2.24) is 0 Å². The molecule has 0 heterocycles. The predicted molar refractivity (Wildman–Crippen MR) is 106 cm³/mol. The SMILES string of the molecule is CCC(C)(C)C(=O)O/N=C(\c1ccccc1)c1ccc2ccccc2c1. The van der Waals surface area contributed by atoms with Gasteiger partial charge in [-0.2, -0.15) is 0 Å². The van der Waals surface area contributed by atoms with Crippen LogP contribution in [0.1, 0.15) is 38.3 Å². The van der Waals surface area contributed by atoms with Gasteiger partial charge in [0, 0.05) is 11.1 Å². The normalized spacial score (nSPS) is 12.2. The second-order valence-electron chi connectivity index (χ2n) is 6.98. The van der Waals surface area contributed by atoms with Gasteiger partial charge in [0.2, 0.25) is 0 Å². The summed E-state index contributed by atoms with van der Waals surface area (Å²) in [5.41, 5.74) is 1.91. The van der Waals surface area contributed by atoms with Gasteiger partial charge in [0.05, 0.1) is 5.41 Å². The van der Waals surface area contributed by atoms with Gasteiger partial charge >= 0.3 is 5.97 Å². The molecule has 0 bridgehead atoms. The summed E-state index contributed by atoms with van der Waals surface area (Å²) in [4.78, 5) is 17.7. The van der Waals surface area contributed by atoms with Crippen molar-refractivity contribution in [2.75, 3.05) is 0 Å². The highest BCUT2D eigenvalue weighted by Crippen LogP contribution is 2.23. The molecule has 26 heavy (non-hydrogen) atoms. The number of oxime groups is 1. The zero-order valence-corrected chi connectivity index (χ0v) is 15.4. The highest BCUT2D eigenvalue weighted by atomic mass is 16.7. The van der Waals surface area contributed by atoms with Crippen molar-refractivity contribution >= 4 is 22.5 Å². The second-order valence-corrected chi connectivity index (χ2v) is 6.98. The first-order valence-corrected chi connectivity index (χ1v) is 8.85. The standard InChI is InChI=1S/C23H23NO2/c1-4-23(2,3)22(25)26-24-21(18-11-6-5-7-12-18)20-15-14-17-10-8-9-13-19(17)16-20/h5-16H,4H2,1-3H3/b24-21+. The molecule has 0 aliphatic heterocycles. The maximum Gasteiger partial charge on any atom is 0.340 e. The molecule has 0 saturated carbocycles. The van der Waals surface area contributed by atoms with Gasteiger partial charge < -0.3 is 4.84 Å². The first-order valence-electron chi connectivity index (χ1n) is 8.85. The molecule has 0 aromatic heterocycles. The Hall–Kier alpha value is -2.94. The van der Waals surface area contributed by atoms with Gasteiger partial charge in [0.25, 0.3) is 0 Å². The largest absolute Gasteiger partial charge is 0.340 e. The van der Waals surface area contributed by atoms with Crippen LogP contribution in [-0.2, 0) is 9.63 Å². The Morgan fingerprint density at radius 1 is 0.885 bits per heavy atom. The molecule has 3 rings (SSSR count). The van der Waals surface area contributed by atoms with Crippen LogP contribution in [0.2, 0.25) is 0 Å². The van der Waals surface area contributed by atoms with Gasteiger partial charge in [0.1, 0.15) is 5.71 Å². The summed E-state index contributed by atoms with van der Waals surface area (Å²) >= 11 is 0. The van der Waals surface area contributed by atoms with Crippen molar-refractivity contribution in [1.29, 1.82) is 0 Å². The van der Waals surface area contributed by atoms with Crippen molar-refractivity contribution < 1.29 is 9.63 Å². The zero-order chi connectivity index (χ0) is 18.6. The van der Waals surface area contributed by atoms with Crippen LogP contribution in [0.4, 0.5) is 0 Å². The first-order chi connectivity index (χ1) is 12.5. The van der Waals surface area contributed by atoms with Gasteiger partial charge in [-0.05, 0) is 37.1 Å². The molecule has 0 fully saturated rings. The lowest BCUT2D eigenvalue weighted by Gasteiger charge is -2.18. The molecule has 0 saturated heterocycles. The quantitative estimate of drug-likeness (QED) is 0.344. The first kappa shape index (κ1) is 17.9. The molecule has 0 aliphatic carbocycles. The molecule has 0 radical (unpaired) electrons. The molecule has 132 valence electrons. The van der Waals surface area contributed by atoms with Crippen LogP contribution < -0.4 is 0 Å². The zero-order valence-electron chi connectivity index (χ0n) is 15.4. The van der Waals surface area contributed by atoms with E-state index in [4.69, 9.17) is 4.84 Å². The number of rotatable bonds is 5. The van der Waals surface area contributed by atoms with Gasteiger partial charge in [0.15, 0.2) is 0 Å². The Morgan fingerprint density at radius 3 is 2.23 bits per heavy atom. The smallest absolute Gasteiger partial charge is 0.317 e. The van der Waals surface area contributed by atoms with Crippen LogP contribution in [-0.4, -0.2) is 11.7 Å². The lowest BCUT2D eigenvalue weighted by Crippen LogP contribution is -2.24. The molecule has 0 unspecified atom stereocenters. The average Bonchev–Trinajstić information content (AvgIpc) is 2.68. The minimum absolute atomic E-state index is 0.325. The van der Waals surface area contributed by atoms with Crippen molar-refractivity contribution in [3.05, 3.63) is 83.9 Å². The van der Waals surface area contributed by atoms with E-state index >= 15 is 0 Å². The minimum atomic E-state index is -0.561. The molecule has 0 spiro atoms. The van der Waals surface area contributed by atoms with Crippen molar-refractivity contribution in [3.63, 3.8) is 0 Å². The maximum atomic E-state index is 12.3.